The summed E-state index contributed by atoms with van der Waals surface area (Å²) in [6.45, 7) is 4.00. The SMILES string of the molecule is CCC(C)(CN)C(O)c1ccc(F)c(F)c1. The van der Waals surface area contributed by atoms with E-state index in [2.05, 4.69) is 0 Å². The maximum absolute atomic E-state index is 13.0. The van der Waals surface area contributed by atoms with Crippen LogP contribution in [0.15, 0.2) is 18.2 Å². The molecule has 1 aromatic carbocycles. The van der Waals surface area contributed by atoms with Crippen LogP contribution in [-0.2, 0) is 0 Å². The van der Waals surface area contributed by atoms with Gasteiger partial charge >= 0.3 is 0 Å². The van der Waals surface area contributed by atoms with Crippen molar-refractivity contribution in [2.45, 2.75) is 26.4 Å². The van der Waals surface area contributed by atoms with Crippen LogP contribution in [0.25, 0.3) is 0 Å². The van der Waals surface area contributed by atoms with Crippen LogP contribution in [0.2, 0.25) is 0 Å². The third-order valence-electron chi connectivity index (χ3n) is 3.19. The summed E-state index contributed by atoms with van der Waals surface area (Å²) < 4.78 is 25.8. The van der Waals surface area contributed by atoms with Gasteiger partial charge in [-0.3, -0.25) is 0 Å². The Balaban J connectivity index is 3.04. The first kappa shape index (κ1) is 13.1. The van der Waals surface area contributed by atoms with Crippen LogP contribution in [0.4, 0.5) is 8.78 Å². The Hall–Kier alpha value is -1.00. The predicted octanol–water partition coefficient (Wildman–Crippen LogP) is 2.37. The lowest BCUT2D eigenvalue weighted by atomic mass is 9.78. The summed E-state index contributed by atoms with van der Waals surface area (Å²) >= 11 is 0. The third kappa shape index (κ3) is 2.39. The van der Waals surface area contributed by atoms with E-state index in [-0.39, 0.29) is 6.54 Å². The van der Waals surface area contributed by atoms with Crippen molar-refractivity contribution in [3.8, 4) is 0 Å². The Morgan fingerprint density at radius 1 is 1.38 bits per heavy atom. The number of nitrogens with two attached hydrogens (primary N) is 1. The molecule has 0 amide bonds. The van der Waals surface area contributed by atoms with Gasteiger partial charge in [0, 0.05) is 12.0 Å². The fourth-order valence-corrected chi connectivity index (χ4v) is 1.53. The normalized spacial score (nSPS) is 16.9. The van der Waals surface area contributed by atoms with Gasteiger partial charge in [-0.2, -0.15) is 0 Å². The average Bonchev–Trinajstić information content (AvgIpc) is 2.30. The third-order valence-corrected chi connectivity index (χ3v) is 3.19. The van der Waals surface area contributed by atoms with Crippen molar-refractivity contribution in [3.05, 3.63) is 35.4 Å². The number of hydrogen-bond acceptors (Lipinski definition) is 2. The molecule has 3 N–H and O–H groups in total. The van der Waals surface area contributed by atoms with Crippen molar-refractivity contribution >= 4 is 0 Å². The topological polar surface area (TPSA) is 46.2 Å². The molecular weight excluding hydrogens is 212 g/mol. The highest BCUT2D eigenvalue weighted by molar-refractivity contribution is 5.21. The number of benzene rings is 1. The second kappa shape index (κ2) is 4.89. The highest BCUT2D eigenvalue weighted by Gasteiger charge is 2.31. The van der Waals surface area contributed by atoms with Crippen LogP contribution < -0.4 is 5.73 Å². The van der Waals surface area contributed by atoms with Crippen molar-refractivity contribution in [3.63, 3.8) is 0 Å². The molecule has 0 aliphatic rings. The zero-order chi connectivity index (χ0) is 12.3. The molecule has 0 saturated heterocycles. The molecule has 0 aliphatic heterocycles. The first-order valence-electron chi connectivity index (χ1n) is 5.27. The summed E-state index contributed by atoms with van der Waals surface area (Å²) in [5.41, 5.74) is 5.43. The van der Waals surface area contributed by atoms with E-state index in [1.54, 1.807) is 0 Å². The summed E-state index contributed by atoms with van der Waals surface area (Å²) in [6.07, 6.45) is -0.235. The summed E-state index contributed by atoms with van der Waals surface area (Å²) in [7, 11) is 0. The van der Waals surface area contributed by atoms with Crippen molar-refractivity contribution in [2.24, 2.45) is 11.1 Å². The number of aliphatic hydroxyl groups is 1. The highest BCUT2D eigenvalue weighted by atomic mass is 19.2. The zero-order valence-electron chi connectivity index (χ0n) is 9.50. The minimum atomic E-state index is -0.952. The molecular formula is C12H17F2NO. The van der Waals surface area contributed by atoms with E-state index in [4.69, 9.17) is 5.73 Å². The van der Waals surface area contributed by atoms with E-state index in [1.165, 1.54) is 6.07 Å². The van der Waals surface area contributed by atoms with E-state index in [0.717, 1.165) is 12.1 Å². The standard InChI is InChI=1S/C12H17F2NO/c1-3-12(2,7-15)11(16)8-4-5-9(13)10(14)6-8/h4-6,11,16H,3,7,15H2,1-2H3. The number of aliphatic hydroxyl groups excluding tert-OH is 1. The first-order chi connectivity index (χ1) is 7.44. The molecule has 4 heteroatoms. The molecule has 0 spiro atoms. The molecule has 0 aliphatic carbocycles. The van der Waals surface area contributed by atoms with E-state index >= 15 is 0 Å². The van der Waals surface area contributed by atoms with Gasteiger partial charge in [0.15, 0.2) is 11.6 Å². The van der Waals surface area contributed by atoms with Crippen molar-refractivity contribution in [1.29, 1.82) is 0 Å². The lowest BCUT2D eigenvalue weighted by molar-refractivity contribution is 0.0388. The van der Waals surface area contributed by atoms with Gasteiger partial charge in [-0.15, -0.1) is 0 Å². The Labute approximate surface area is 94.1 Å². The Kier molecular flexibility index (Phi) is 3.99. The van der Waals surface area contributed by atoms with E-state index in [1.807, 2.05) is 13.8 Å². The summed E-state index contributed by atoms with van der Waals surface area (Å²) in [6, 6.07) is 3.41. The minimum absolute atomic E-state index is 0.281. The Morgan fingerprint density at radius 2 is 2.00 bits per heavy atom. The van der Waals surface area contributed by atoms with Gasteiger partial charge in [-0.1, -0.05) is 19.9 Å². The predicted molar refractivity (Wildman–Crippen MR) is 58.8 cm³/mol. The van der Waals surface area contributed by atoms with Gasteiger partial charge in [0.25, 0.3) is 0 Å². The molecule has 0 radical (unpaired) electrons. The number of hydrogen-bond donors (Lipinski definition) is 2. The molecule has 0 saturated carbocycles. The quantitative estimate of drug-likeness (QED) is 0.832. The lowest BCUT2D eigenvalue weighted by Gasteiger charge is -2.32. The molecule has 0 heterocycles. The molecule has 0 aromatic heterocycles. The summed E-state index contributed by atoms with van der Waals surface area (Å²) in [5, 5.41) is 10.1. The second-order valence-electron chi connectivity index (χ2n) is 4.29. The van der Waals surface area contributed by atoms with Gasteiger partial charge in [0.2, 0.25) is 0 Å². The Bertz CT molecular complexity index is 364. The van der Waals surface area contributed by atoms with Gasteiger partial charge < -0.3 is 10.8 Å². The highest BCUT2D eigenvalue weighted by Crippen LogP contribution is 2.35. The van der Waals surface area contributed by atoms with E-state index < -0.39 is 23.2 Å². The molecule has 16 heavy (non-hydrogen) atoms. The summed E-state index contributed by atoms with van der Waals surface area (Å²) in [4.78, 5) is 0. The fourth-order valence-electron chi connectivity index (χ4n) is 1.53. The van der Waals surface area contributed by atoms with Gasteiger partial charge in [0.1, 0.15) is 0 Å². The Morgan fingerprint density at radius 3 is 2.44 bits per heavy atom. The van der Waals surface area contributed by atoms with Crippen molar-refractivity contribution < 1.29 is 13.9 Å². The van der Waals surface area contributed by atoms with Crippen LogP contribution in [0.5, 0.6) is 0 Å². The number of rotatable bonds is 4. The molecule has 2 nitrogen and oxygen atoms in total. The van der Waals surface area contributed by atoms with Crippen molar-refractivity contribution in [1.82, 2.24) is 0 Å². The van der Waals surface area contributed by atoms with Crippen LogP contribution in [0, 0.1) is 17.0 Å². The van der Waals surface area contributed by atoms with Crippen LogP contribution in [0.1, 0.15) is 31.9 Å². The average molecular weight is 229 g/mol. The van der Waals surface area contributed by atoms with Crippen LogP contribution in [0.3, 0.4) is 0 Å². The molecule has 90 valence electrons. The van der Waals surface area contributed by atoms with Crippen LogP contribution >= 0.6 is 0 Å². The van der Waals surface area contributed by atoms with E-state index in [9.17, 15) is 13.9 Å². The molecule has 0 bridgehead atoms. The molecule has 0 fully saturated rings. The lowest BCUT2D eigenvalue weighted by Crippen LogP contribution is -2.33. The van der Waals surface area contributed by atoms with Crippen LogP contribution in [-0.4, -0.2) is 11.7 Å². The molecule has 2 atom stereocenters. The minimum Gasteiger partial charge on any atom is -0.388 e. The smallest absolute Gasteiger partial charge is 0.159 e. The first-order valence-corrected chi connectivity index (χ1v) is 5.27. The maximum Gasteiger partial charge on any atom is 0.159 e. The van der Waals surface area contributed by atoms with Gasteiger partial charge in [-0.25, -0.2) is 8.78 Å². The van der Waals surface area contributed by atoms with Gasteiger partial charge in [-0.05, 0) is 24.1 Å². The molecule has 1 aromatic rings. The fraction of sp³-hybridized carbons (Fsp3) is 0.500. The van der Waals surface area contributed by atoms with Gasteiger partial charge in [0.05, 0.1) is 6.10 Å². The van der Waals surface area contributed by atoms with Crippen molar-refractivity contribution in [2.75, 3.05) is 6.54 Å². The molecule has 2 unspecified atom stereocenters. The number of halogens is 2. The molecule has 1 rings (SSSR count). The van der Waals surface area contributed by atoms with E-state index in [0.29, 0.717) is 12.0 Å². The largest absolute Gasteiger partial charge is 0.388 e. The maximum atomic E-state index is 13.0. The summed E-state index contributed by atoms with van der Waals surface area (Å²) in [5.74, 6) is -1.87. The monoisotopic (exact) mass is 229 g/mol. The second-order valence-corrected chi connectivity index (χ2v) is 4.29. The zero-order valence-corrected chi connectivity index (χ0v) is 9.50.